The average Bonchev–Trinajstić information content (AvgIpc) is 2.31. The first-order valence-electron chi connectivity index (χ1n) is 7.18. The molecule has 0 aromatic heterocycles. The minimum Gasteiger partial charge on any atom is -0.299 e. The lowest BCUT2D eigenvalue weighted by atomic mass is 10.1. The maximum absolute atomic E-state index is 10.0. The van der Waals surface area contributed by atoms with Crippen molar-refractivity contribution in [2.75, 3.05) is 0 Å². The average molecular weight is 225 g/mol. The third-order valence-corrected chi connectivity index (χ3v) is 3.07. The molecule has 0 saturated carbocycles. The Kier molecular flexibility index (Phi) is 14.1. The monoisotopic (exact) mass is 225 g/mol. The van der Waals surface area contributed by atoms with Crippen molar-refractivity contribution in [1.82, 2.24) is 0 Å². The van der Waals surface area contributed by atoms with Crippen LogP contribution in [0.2, 0.25) is 0 Å². The Bertz CT molecular complexity index is 140. The van der Waals surface area contributed by atoms with Gasteiger partial charge in [-0.2, -0.15) is 0 Å². The van der Waals surface area contributed by atoms with Gasteiger partial charge >= 0.3 is 0 Å². The van der Waals surface area contributed by atoms with Gasteiger partial charge in [-0.3, -0.25) is 5.11 Å². The van der Waals surface area contributed by atoms with E-state index < -0.39 is 0 Å². The molecule has 0 rings (SSSR count). The lowest BCUT2D eigenvalue weighted by Gasteiger charge is -2.01. The molecule has 0 atom stereocenters. The molecule has 0 N–H and O–H groups in total. The third-order valence-electron chi connectivity index (χ3n) is 3.07. The molecule has 0 spiro atoms. The van der Waals surface area contributed by atoms with Gasteiger partial charge in [0.05, 0.1) is 0 Å². The molecule has 0 aromatic carbocycles. The van der Waals surface area contributed by atoms with Crippen molar-refractivity contribution in [1.29, 1.82) is 0 Å². The Morgan fingerprint density at radius 3 is 1.56 bits per heavy atom. The number of allylic oxidation sites excluding steroid dienone is 1. The molecule has 1 radical (unpaired) electrons. The van der Waals surface area contributed by atoms with Gasteiger partial charge in [-0.05, 0) is 18.9 Å². The Morgan fingerprint density at radius 2 is 1.12 bits per heavy atom. The smallest absolute Gasteiger partial charge is 0.138 e. The van der Waals surface area contributed by atoms with E-state index in [1.165, 1.54) is 70.6 Å². The summed E-state index contributed by atoms with van der Waals surface area (Å²) in [4.78, 5) is 0. The van der Waals surface area contributed by atoms with E-state index in [1.807, 2.05) is 0 Å². The zero-order valence-corrected chi connectivity index (χ0v) is 11.0. The molecule has 16 heavy (non-hydrogen) atoms. The van der Waals surface area contributed by atoms with Gasteiger partial charge in [-0.25, -0.2) is 0 Å². The standard InChI is InChI=1S/C15H29O/c1-2-3-4-5-6-7-8-9-10-11-12-13-14-15-16/h14-15H,2-13H2,1H3. The molecule has 0 aliphatic rings. The van der Waals surface area contributed by atoms with Gasteiger partial charge in [-0.15, -0.1) is 0 Å². The minimum atomic E-state index is 0.913. The summed E-state index contributed by atoms with van der Waals surface area (Å²) in [5.41, 5.74) is 0. The van der Waals surface area contributed by atoms with Crippen LogP contribution < -0.4 is 0 Å². The topological polar surface area (TPSA) is 19.9 Å². The first kappa shape index (κ1) is 15.5. The molecule has 0 fully saturated rings. The van der Waals surface area contributed by atoms with Crippen LogP contribution in [0.15, 0.2) is 12.3 Å². The van der Waals surface area contributed by atoms with Crippen molar-refractivity contribution in [3.05, 3.63) is 12.3 Å². The predicted octanol–water partition coefficient (Wildman–Crippen LogP) is 5.63. The van der Waals surface area contributed by atoms with Crippen LogP contribution in [0.4, 0.5) is 0 Å². The molecule has 0 aliphatic heterocycles. The molecular weight excluding hydrogens is 196 g/mol. The van der Waals surface area contributed by atoms with Gasteiger partial charge in [0, 0.05) is 0 Å². The van der Waals surface area contributed by atoms with Crippen molar-refractivity contribution in [2.24, 2.45) is 0 Å². The van der Waals surface area contributed by atoms with Gasteiger partial charge < -0.3 is 0 Å². The van der Waals surface area contributed by atoms with Gasteiger partial charge in [-0.1, -0.05) is 71.1 Å². The highest BCUT2D eigenvalue weighted by atomic mass is 16.2. The summed E-state index contributed by atoms with van der Waals surface area (Å²) in [6, 6.07) is 0. The van der Waals surface area contributed by atoms with E-state index in [0.717, 1.165) is 12.7 Å². The third kappa shape index (κ3) is 13.5. The van der Waals surface area contributed by atoms with Crippen molar-refractivity contribution in [3.63, 3.8) is 0 Å². The van der Waals surface area contributed by atoms with Crippen LogP contribution in [0.1, 0.15) is 84.0 Å². The molecule has 0 amide bonds. The maximum Gasteiger partial charge on any atom is 0.138 e. The summed E-state index contributed by atoms with van der Waals surface area (Å²) in [7, 11) is 0. The predicted molar refractivity (Wildman–Crippen MR) is 70.9 cm³/mol. The zero-order valence-electron chi connectivity index (χ0n) is 11.0. The number of rotatable bonds is 12. The van der Waals surface area contributed by atoms with Gasteiger partial charge in [0.1, 0.15) is 6.26 Å². The van der Waals surface area contributed by atoms with E-state index in [4.69, 9.17) is 0 Å². The lowest BCUT2D eigenvalue weighted by molar-refractivity contribution is 0.349. The van der Waals surface area contributed by atoms with E-state index >= 15 is 0 Å². The van der Waals surface area contributed by atoms with E-state index in [0.29, 0.717) is 0 Å². The molecule has 0 bridgehead atoms. The molecule has 0 unspecified atom stereocenters. The lowest BCUT2D eigenvalue weighted by Crippen LogP contribution is -1.81. The van der Waals surface area contributed by atoms with E-state index in [1.54, 1.807) is 6.08 Å². The number of hydrogen-bond donors (Lipinski definition) is 0. The summed E-state index contributed by atoms with van der Waals surface area (Å²) in [5.74, 6) is 0. The summed E-state index contributed by atoms with van der Waals surface area (Å²) in [6.07, 6.45) is 18.7. The first-order chi connectivity index (χ1) is 7.91. The first-order valence-corrected chi connectivity index (χ1v) is 7.18. The second-order valence-electron chi connectivity index (χ2n) is 4.70. The van der Waals surface area contributed by atoms with E-state index in [-0.39, 0.29) is 0 Å². The minimum absolute atomic E-state index is 0.913. The molecule has 0 heterocycles. The second kappa shape index (κ2) is 14.5. The van der Waals surface area contributed by atoms with Crippen LogP contribution in [0, 0.1) is 0 Å². The maximum atomic E-state index is 10.0. The quantitative estimate of drug-likeness (QED) is 0.303. The van der Waals surface area contributed by atoms with Crippen molar-refractivity contribution in [2.45, 2.75) is 84.0 Å². The van der Waals surface area contributed by atoms with Gasteiger partial charge in [0.25, 0.3) is 0 Å². The van der Waals surface area contributed by atoms with E-state index in [9.17, 15) is 5.11 Å². The summed E-state index contributed by atoms with van der Waals surface area (Å²) < 4.78 is 0. The number of hydrogen-bond acceptors (Lipinski definition) is 0. The molecule has 1 nitrogen and oxygen atoms in total. The molecule has 0 saturated heterocycles. The molecule has 1 heteroatoms. The van der Waals surface area contributed by atoms with Crippen molar-refractivity contribution in [3.8, 4) is 0 Å². The Balaban J connectivity index is 2.88. The summed E-state index contributed by atoms with van der Waals surface area (Å²) >= 11 is 0. The Hall–Kier alpha value is -0.460. The van der Waals surface area contributed by atoms with Gasteiger partial charge in [0.2, 0.25) is 0 Å². The highest BCUT2D eigenvalue weighted by Crippen LogP contribution is 2.11. The molecular formula is C15H29O. The fraction of sp³-hybridized carbons (Fsp3) is 0.867. The van der Waals surface area contributed by atoms with E-state index in [2.05, 4.69) is 6.92 Å². The van der Waals surface area contributed by atoms with Crippen LogP contribution in [0.5, 0.6) is 0 Å². The normalized spacial score (nSPS) is 11.3. The van der Waals surface area contributed by atoms with Crippen LogP contribution in [0.25, 0.3) is 0 Å². The fourth-order valence-electron chi connectivity index (χ4n) is 1.99. The van der Waals surface area contributed by atoms with Crippen molar-refractivity contribution >= 4 is 0 Å². The van der Waals surface area contributed by atoms with Crippen molar-refractivity contribution < 1.29 is 5.11 Å². The fourth-order valence-corrected chi connectivity index (χ4v) is 1.99. The highest BCUT2D eigenvalue weighted by molar-refractivity contribution is 4.70. The summed E-state index contributed by atoms with van der Waals surface area (Å²) in [5, 5.41) is 10.0. The second-order valence-corrected chi connectivity index (χ2v) is 4.70. The molecule has 0 aromatic rings. The SMILES string of the molecule is CCCCCCCCCCCCCC=C[O]. The summed E-state index contributed by atoms with van der Waals surface area (Å²) in [6.45, 7) is 2.27. The zero-order chi connectivity index (χ0) is 11.9. The van der Waals surface area contributed by atoms with Crippen LogP contribution in [-0.2, 0) is 5.11 Å². The largest absolute Gasteiger partial charge is 0.299 e. The van der Waals surface area contributed by atoms with Crippen LogP contribution in [0.3, 0.4) is 0 Å². The Morgan fingerprint density at radius 1 is 0.688 bits per heavy atom. The number of unbranched alkanes of at least 4 members (excludes halogenated alkanes) is 11. The van der Waals surface area contributed by atoms with Crippen LogP contribution in [-0.4, -0.2) is 0 Å². The van der Waals surface area contributed by atoms with Gasteiger partial charge in [0.15, 0.2) is 0 Å². The van der Waals surface area contributed by atoms with Crippen LogP contribution >= 0.6 is 0 Å². The molecule has 0 aliphatic carbocycles. The Labute approximate surface area is 102 Å². The highest BCUT2D eigenvalue weighted by Gasteiger charge is 1.92. The molecule has 95 valence electrons.